The molecule has 2 N–H and O–H groups in total. The van der Waals surface area contributed by atoms with Crippen LogP contribution in [0.2, 0.25) is 0 Å². The summed E-state index contributed by atoms with van der Waals surface area (Å²) in [5, 5.41) is 3.65. The highest BCUT2D eigenvalue weighted by Crippen LogP contribution is 2.23. The number of aromatic nitrogens is 2. The molecule has 3 rings (SSSR count). The highest BCUT2D eigenvalue weighted by molar-refractivity contribution is 7.99. The largest absolute Gasteiger partial charge is 0.494 e. The molecule has 0 unspecified atom stereocenters. The number of anilines is 1. The molecule has 0 spiro atoms. The number of imidazole rings is 1. The van der Waals surface area contributed by atoms with Crippen molar-refractivity contribution in [2.45, 2.75) is 25.9 Å². The third kappa shape index (κ3) is 4.54. The number of amides is 1. The van der Waals surface area contributed by atoms with Gasteiger partial charge in [0, 0.05) is 11.8 Å². The first kappa shape index (κ1) is 17.4. The van der Waals surface area contributed by atoms with Crippen LogP contribution in [0.1, 0.15) is 18.1 Å². The number of aromatic amines is 1. The van der Waals surface area contributed by atoms with E-state index in [0.717, 1.165) is 38.8 Å². The van der Waals surface area contributed by atoms with E-state index in [4.69, 9.17) is 4.74 Å². The second-order valence-corrected chi connectivity index (χ2v) is 6.83. The van der Waals surface area contributed by atoms with Gasteiger partial charge >= 0.3 is 0 Å². The van der Waals surface area contributed by atoms with Crippen LogP contribution < -0.4 is 10.1 Å². The van der Waals surface area contributed by atoms with Gasteiger partial charge < -0.3 is 15.0 Å². The van der Waals surface area contributed by atoms with E-state index in [1.165, 1.54) is 11.8 Å². The molecule has 0 aliphatic carbocycles. The molecule has 0 radical (unpaired) electrons. The number of rotatable bonds is 6. The van der Waals surface area contributed by atoms with Gasteiger partial charge in [0.05, 0.1) is 23.4 Å². The van der Waals surface area contributed by atoms with Gasteiger partial charge in [0.15, 0.2) is 5.16 Å². The number of fused-ring (bicyclic) bond motifs is 1. The van der Waals surface area contributed by atoms with Gasteiger partial charge in [-0.05, 0) is 56.2 Å². The molecule has 0 bridgehead atoms. The van der Waals surface area contributed by atoms with Crippen molar-refractivity contribution in [2.75, 3.05) is 17.7 Å². The lowest BCUT2D eigenvalue weighted by molar-refractivity contribution is -0.113. The van der Waals surface area contributed by atoms with Crippen LogP contribution in [0.15, 0.2) is 41.6 Å². The van der Waals surface area contributed by atoms with E-state index < -0.39 is 0 Å². The van der Waals surface area contributed by atoms with Crippen LogP contribution in [0.3, 0.4) is 0 Å². The van der Waals surface area contributed by atoms with Gasteiger partial charge in [-0.2, -0.15) is 0 Å². The summed E-state index contributed by atoms with van der Waals surface area (Å²) in [7, 11) is 0. The van der Waals surface area contributed by atoms with Crippen molar-refractivity contribution in [2.24, 2.45) is 0 Å². The fourth-order valence-electron chi connectivity index (χ4n) is 2.67. The average molecular weight is 355 g/mol. The molecule has 0 aliphatic heterocycles. The van der Waals surface area contributed by atoms with Crippen LogP contribution >= 0.6 is 11.8 Å². The number of hydrogen-bond acceptors (Lipinski definition) is 4. The van der Waals surface area contributed by atoms with Gasteiger partial charge in [-0.1, -0.05) is 17.8 Å². The summed E-state index contributed by atoms with van der Waals surface area (Å²) in [6.07, 6.45) is 0. The van der Waals surface area contributed by atoms with Crippen molar-refractivity contribution in [3.8, 4) is 5.75 Å². The topological polar surface area (TPSA) is 67.0 Å². The number of thioether (sulfide) groups is 1. The lowest BCUT2D eigenvalue weighted by atomic mass is 10.1. The number of nitrogens with zero attached hydrogens (tertiary/aromatic N) is 1. The molecule has 6 heteroatoms. The number of aryl methyl sites for hydroxylation is 2. The Morgan fingerprint density at radius 3 is 2.68 bits per heavy atom. The number of carbonyl (C=O) groups excluding carboxylic acids is 1. The van der Waals surface area contributed by atoms with Gasteiger partial charge in [-0.25, -0.2) is 4.98 Å². The number of carbonyl (C=O) groups is 1. The molecular weight excluding hydrogens is 334 g/mol. The molecular formula is C19H21N3O2S. The van der Waals surface area contributed by atoms with Crippen molar-refractivity contribution < 1.29 is 9.53 Å². The molecule has 2 aromatic carbocycles. The first-order valence-corrected chi connectivity index (χ1v) is 9.15. The fourth-order valence-corrected chi connectivity index (χ4v) is 3.35. The van der Waals surface area contributed by atoms with Gasteiger partial charge in [0.1, 0.15) is 5.75 Å². The highest BCUT2D eigenvalue weighted by atomic mass is 32.2. The second-order valence-electron chi connectivity index (χ2n) is 5.87. The lowest BCUT2D eigenvalue weighted by Crippen LogP contribution is -2.14. The quantitative estimate of drug-likeness (QED) is 0.647. The Morgan fingerprint density at radius 1 is 1.20 bits per heavy atom. The van der Waals surface area contributed by atoms with E-state index in [1.807, 2.05) is 51.1 Å². The third-order valence-corrected chi connectivity index (χ3v) is 4.46. The Hall–Kier alpha value is -2.47. The average Bonchev–Trinajstić information content (AvgIpc) is 2.94. The molecule has 0 atom stereocenters. The Balaban J connectivity index is 1.62. The highest BCUT2D eigenvalue weighted by Gasteiger charge is 2.09. The summed E-state index contributed by atoms with van der Waals surface area (Å²) >= 11 is 1.38. The van der Waals surface area contributed by atoms with E-state index in [-0.39, 0.29) is 5.91 Å². The van der Waals surface area contributed by atoms with Crippen LogP contribution in [0.5, 0.6) is 5.75 Å². The van der Waals surface area contributed by atoms with E-state index >= 15 is 0 Å². The molecule has 1 heterocycles. The number of H-pyrrole nitrogens is 1. The van der Waals surface area contributed by atoms with Crippen molar-refractivity contribution >= 4 is 34.4 Å². The zero-order valence-electron chi connectivity index (χ0n) is 14.6. The monoisotopic (exact) mass is 355 g/mol. The molecule has 3 aromatic rings. The van der Waals surface area contributed by atoms with E-state index in [9.17, 15) is 4.79 Å². The second kappa shape index (κ2) is 7.61. The first-order valence-electron chi connectivity index (χ1n) is 8.17. The van der Waals surface area contributed by atoms with E-state index in [1.54, 1.807) is 0 Å². The minimum Gasteiger partial charge on any atom is -0.494 e. The van der Waals surface area contributed by atoms with Crippen molar-refractivity contribution in [1.29, 1.82) is 0 Å². The molecule has 5 nitrogen and oxygen atoms in total. The van der Waals surface area contributed by atoms with Crippen LogP contribution in [0, 0.1) is 13.8 Å². The first-order chi connectivity index (χ1) is 12.0. The molecule has 0 aliphatic rings. The number of hydrogen-bond donors (Lipinski definition) is 2. The summed E-state index contributed by atoms with van der Waals surface area (Å²) in [5.74, 6) is 1.05. The number of benzene rings is 2. The smallest absolute Gasteiger partial charge is 0.234 e. The van der Waals surface area contributed by atoms with Crippen LogP contribution in [0.4, 0.5) is 5.69 Å². The van der Waals surface area contributed by atoms with Crippen molar-refractivity contribution in [1.82, 2.24) is 9.97 Å². The summed E-state index contributed by atoms with van der Waals surface area (Å²) in [5.41, 5.74) is 4.86. The number of nitrogens with one attached hydrogen (secondary N) is 2. The minimum atomic E-state index is -0.0505. The Morgan fingerprint density at radius 2 is 1.96 bits per heavy atom. The summed E-state index contributed by atoms with van der Waals surface area (Å²) < 4.78 is 5.49. The zero-order chi connectivity index (χ0) is 17.8. The molecule has 0 fully saturated rings. The van der Waals surface area contributed by atoms with Crippen LogP contribution in [-0.2, 0) is 4.79 Å². The predicted octanol–water partition coefficient (Wildman–Crippen LogP) is 4.31. The zero-order valence-corrected chi connectivity index (χ0v) is 15.4. The molecule has 1 aromatic heterocycles. The third-order valence-electron chi connectivity index (χ3n) is 3.59. The van der Waals surface area contributed by atoms with Crippen LogP contribution in [-0.4, -0.2) is 28.2 Å². The Labute approximate surface area is 151 Å². The Kier molecular flexibility index (Phi) is 5.28. The molecule has 0 saturated heterocycles. The standard InChI is InChI=1S/C19H21N3O2S/c1-4-24-15-5-6-16-17(10-15)22-19(21-16)25-11-18(23)20-14-8-12(2)7-13(3)9-14/h5-10H,4,11H2,1-3H3,(H,20,23)(H,21,22). The van der Waals surface area contributed by atoms with Gasteiger partial charge in [-0.3, -0.25) is 4.79 Å². The van der Waals surface area contributed by atoms with Crippen molar-refractivity contribution in [3.63, 3.8) is 0 Å². The maximum absolute atomic E-state index is 12.2. The Bertz CT molecular complexity index is 885. The maximum Gasteiger partial charge on any atom is 0.234 e. The summed E-state index contributed by atoms with van der Waals surface area (Å²) in [6, 6.07) is 11.7. The fraction of sp³-hybridized carbons (Fsp3) is 0.263. The van der Waals surface area contributed by atoms with Gasteiger partial charge in [0.25, 0.3) is 0 Å². The van der Waals surface area contributed by atoms with E-state index in [0.29, 0.717) is 12.4 Å². The number of ether oxygens (including phenoxy) is 1. The van der Waals surface area contributed by atoms with Crippen LogP contribution in [0.25, 0.3) is 11.0 Å². The summed E-state index contributed by atoms with van der Waals surface area (Å²) in [6.45, 7) is 6.61. The molecule has 0 saturated carbocycles. The van der Waals surface area contributed by atoms with E-state index in [2.05, 4.69) is 21.4 Å². The normalized spacial score (nSPS) is 10.8. The maximum atomic E-state index is 12.2. The minimum absolute atomic E-state index is 0.0505. The van der Waals surface area contributed by atoms with Crippen molar-refractivity contribution in [3.05, 3.63) is 47.5 Å². The summed E-state index contributed by atoms with van der Waals surface area (Å²) in [4.78, 5) is 19.9. The molecule has 1 amide bonds. The van der Waals surface area contributed by atoms with Gasteiger partial charge in [0.2, 0.25) is 5.91 Å². The molecule has 130 valence electrons. The SMILES string of the molecule is CCOc1ccc2nc(SCC(=O)Nc3cc(C)cc(C)c3)[nH]c2c1. The predicted molar refractivity (Wildman–Crippen MR) is 103 cm³/mol. The lowest BCUT2D eigenvalue weighted by Gasteiger charge is -2.06. The molecule has 25 heavy (non-hydrogen) atoms. The van der Waals surface area contributed by atoms with Gasteiger partial charge in [-0.15, -0.1) is 0 Å².